The van der Waals surface area contributed by atoms with Gasteiger partial charge in [-0.15, -0.1) is 0 Å². The summed E-state index contributed by atoms with van der Waals surface area (Å²) < 4.78 is 5.60. The molecule has 1 rings (SSSR count). The number of hydrazine groups is 1. The zero-order valence-corrected chi connectivity index (χ0v) is 9.49. The molecule has 0 aliphatic carbocycles. The van der Waals surface area contributed by atoms with Gasteiger partial charge in [-0.25, -0.2) is 0 Å². The van der Waals surface area contributed by atoms with Crippen LogP contribution in [0.1, 0.15) is 31.7 Å². The number of hydrogen-bond donors (Lipinski definition) is 2. The van der Waals surface area contributed by atoms with Crippen molar-refractivity contribution in [2.75, 3.05) is 13.2 Å². The van der Waals surface area contributed by atoms with Crippen molar-refractivity contribution in [2.24, 2.45) is 5.84 Å². The van der Waals surface area contributed by atoms with Crippen LogP contribution in [0, 0.1) is 0 Å². The van der Waals surface area contributed by atoms with E-state index in [1.165, 1.54) is 5.56 Å². The second-order valence-electron chi connectivity index (χ2n) is 3.88. The van der Waals surface area contributed by atoms with Crippen molar-refractivity contribution in [3.05, 3.63) is 29.8 Å². The van der Waals surface area contributed by atoms with E-state index in [9.17, 15) is 0 Å². The molecule has 3 nitrogen and oxygen atoms in total. The molecule has 0 bridgehead atoms. The molecule has 1 aromatic rings. The molecule has 15 heavy (non-hydrogen) atoms. The Kier molecular flexibility index (Phi) is 5.15. The van der Waals surface area contributed by atoms with Crippen molar-refractivity contribution >= 4 is 0 Å². The van der Waals surface area contributed by atoms with Crippen molar-refractivity contribution in [3.8, 4) is 5.75 Å². The monoisotopic (exact) mass is 208 g/mol. The van der Waals surface area contributed by atoms with Gasteiger partial charge in [-0.2, -0.15) is 0 Å². The summed E-state index contributed by atoms with van der Waals surface area (Å²) in [6.45, 7) is 5.84. The fourth-order valence-electron chi connectivity index (χ4n) is 1.33. The van der Waals surface area contributed by atoms with Gasteiger partial charge in [0, 0.05) is 6.54 Å². The van der Waals surface area contributed by atoms with E-state index in [-0.39, 0.29) is 0 Å². The van der Waals surface area contributed by atoms with Crippen LogP contribution in [0.4, 0.5) is 0 Å². The van der Waals surface area contributed by atoms with Gasteiger partial charge in [0.1, 0.15) is 5.75 Å². The molecule has 0 radical (unpaired) electrons. The molecule has 0 unspecified atom stereocenters. The smallest absolute Gasteiger partial charge is 0.119 e. The van der Waals surface area contributed by atoms with Gasteiger partial charge >= 0.3 is 0 Å². The quantitative estimate of drug-likeness (QED) is 0.427. The normalized spacial score (nSPS) is 10.7. The first-order valence-electron chi connectivity index (χ1n) is 5.40. The standard InChI is InChI=1S/C12H20N2O/c1-10(2)11-5-3-6-12(9-11)15-8-4-7-14-13/h3,5-6,9-10,14H,4,7-8,13H2,1-2H3. The maximum Gasteiger partial charge on any atom is 0.119 e. The van der Waals surface area contributed by atoms with Gasteiger partial charge in [0.05, 0.1) is 6.61 Å². The zero-order valence-electron chi connectivity index (χ0n) is 9.49. The lowest BCUT2D eigenvalue weighted by molar-refractivity contribution is 0.308. The van der Waals surface area contributed by atoms with Crippen LogP contribution in [0.5, 0.6) is 5.75 Å². The largest absolute Gasteiger partial charge is 0.494 e. The molecule has 1 aromatic carbocycles. The van der Waals surface area contributed by atoms with Crippen molar-refractivity contribution in [3.63, 3.8) is 0 Å². The first-order valence-corrected chi connectivity index (χ1v) is 5.40. The third-order valence-electron chi connectivity index (χ3n) is 2.26. The van der Waals surface area contributed by atoms with Gasteiger partial charge in [0.25, 0.3) is 0 Å². The number of ether oxygens (including phenoxy) is 1. The molecule has 0 heterocycles. The molecule has 3 heteroatoms. The maximum absolute atomic E-state index is 5.60. The van der Waals surface area contributed by atoms with Crippen LogP contribution in [-0.2, 0) is 0 Å². The topological polar surface area (TPSA) is 47.3 Å². The average molecular weight is 208 g/mol. The van der Waals surface area contributed by atoms with Gasteiger partial charge in [-0.05, 0) is 30.0 Å². The highest BCUT2D eigenvalue weighted by Gasteiger charge is 2.00. The molecule has 0 spiro atoms. The van der Waals surface area contributed by atoms with E-state index >= 15 is 0 Å². The van der Waals surface area contributed by atoms with Gasteiger partial charge in [0.2, 0.25) is 0 Å². The highest BCUT2D eigenvalue weighted by Crippen LogP contribution is 2.19. The lowest BCUT2D eigenvalue weighted by Crippen LogP contribution is -2.24. The average Bonchev–Trinajstić information content (AvgIpc) is 2.25. The van der Waals surface area contributed by atoms with Gasteiger partial charge in [-0.3, -0.25) is 11.3 Å². The number of benzene rings is 1. The van der Waals surface area contributed by atoms with Crippen LogP contribution in [0.2, 0.25) is 0 Å². The molecule has 84 valence electrons. The summed E-state index contributed by atoms with van der Waals surface area (Å²) in [6, 6.07) is 8.24. The minimum Gasteiger partial charge on any atom is -0.494 e. The highest BCUT2D eigenvalue weighted by molar-refractivity contribution is 5.30. The summed E-state index contributed by atoms with van der Waals surface area (Å²) in [7, 11) is 0. The Bertz CT molecular complexity index is 287. The minimum absolute atomic E-state index is 0.541. The number of hydrogen-bond acceptors (Lipinski definition) is 3. The van der Waals surface area contributed by atoms with E-state index < -0.39 is 0 Å². The molecular weight excluding hydrogens is 188 g/mol. The van der Waals surface area contributed by atoms with Crippen LogP contribution in [-0.4, -0.2) is 13.2 Å². The van der Waals surface area contributed by atoms with Crippen LogP contribution < -0.4 is 16.0 Å². The molecular formula is C12H20N2O. The molecule has 0 fully saturated rings. The second kappa shape index (κ2) is 6.43. The Hall–Kier alpha value is -1.06. The maximum atomic E-state index is 5.60. The molecule has 0 aromatic heterocycles. The van der Waals surface area contributed by atoms with E-state index in [4.69, 9.17) is 10.6 Å². The fraction of sp³-hybridized carbons (Fsp3) is 0.500. The third kappa shape index (κ3) is 4.32. The lowest BCUT2D eigenvalue weighted by Gasteiger charge is -2.09. The fourth-order valence-corrected chi connectivity index (χ4v) is 1.33. The Labute approximate surface area is 91.6 Å². The minimum atomic E-state index is 0.541. The van der Waals surface area contributed by atoms with Gasteiger partial charge < -0.3 is 4.74 Å². The molecule has 0 atom stereocenters. The third-order valence-corrected chi connectivity index (χ3v) is 2.26. The van der Waals surface area contributed by atoms with E-state index in [2.05, 4.69) is 31.4 Å². The number of nitrogens with one attached hydrogen (secondary N) is 1. The van der Waals surface area contributed by atoms with E-state index in [0.29, 0.717) is 12.5 Å². The van der Waals surface area contributed by atoms with Gasteiger partial charge in [0.15, 0.2) is 0 Å². The Morgan fingerprint density at radius 1 is 1.40 bits per heavy atom. The van der Waals surface area contributed by atoms with E-state index in [1.54, 1.807) is 0 Å². The van der Waals surface area contributed by atoms with E-state index in [1.807, 2.05) is 12.1 Å². The van der Waals surface area contributed by atoms with Crippen molar-refractivity contribution in [2.45, 2.75) is 26.2 Å². The summed E-state index contributed by atoms with van der Waals surface area (Å²) in [5, 5.41) is 0. The van der Waals surface area contributed by atoms with Crippen molar-refractivity contribution in [1.29, 1.82) is 0 Å². The Morgan fingerprint density at radius 2 is 2.20 bits per heavy atom. The van der Waals surface area contributed by atoms with Crippen molar-refractivity contribution < 1.29 is 4.74 Å². The summed E-state index contributed by atoms with van der Waals surface area (Å²) in [6.07, 6.45) is 0.919. The Morgan fingerprint density at radius 3 is 2.87 bits per heavy atom. The summed E-state index contributed by atoms with van der Waals surface area (Å²) in [4.78, 5) is 0. The summed E-state index contributed by atoms with van der Waals surface area (Å²) in [5.41, 5.74) is 3.91. The van der Waals surface area contributed by atoms with Crippen LogP contribution in [0.15, 0.2) is 24.3 Å². The number of rotatable bonds is 6. The lowest BCUT2D eigenvalue weighted by atomic mass is 10.0. The highest BCUT2D eigenvalue weighted by atomic mass is 16.5. The first kappa shape index (κ1) is 12.0. The van der Waals surface area contributed by atoms with Crippen LogP contribution in [0.3, 0.4) is 0 Å². The van der Waals surface area contributed by atoms with Crippen LogP contribution >= 0.6 is 0 Å². The molecule has 0 aliphatic rings. The zero-order chi connectivity index (χ0) is 11.1. The van der Waals surface area contributed by atoms with Crippen LogP contribution in [0.25, 0.3) is 0 Å². The predicted molar refractivity (Wildman–Crippen MR) is 62.8 cm³/mol. The number of nitrogens with two attached hydrogens (primary N) is 1. The predicted octanol–water partition coefficient (Wildman–Crippen LogP) is 2.04. The van der Waals surface area contributed by atoms with Gasteiger partial charge in [-0.1, -0.05) is 26.0 Å². The molecule has 0 saturated carbocycles. The Balaban J connectivity index is 2.43. The molecule has 0 saturated heterocycles. The SMILES string of the molecule is CC(C)c1cccc(OCCCNN)c1. The first-order chi connectivity index (χ1) is 7.24. The van der Waals surface area contributed by atoms with Crippen molar-refractivity contribution in [1.82, 2.24) is 5.43 Å². The molecule has 3 N–H and O–H groups in total. The van der Waals surface area contributed by atoms with E-state index in [0.717, 1.165) is 18.7 Å². The summed E-state index contributed by atoms with van der Waals surface area (Å²) >= 11 is 0. The second-order valence-corrected chi connectivity index (χ2v) is 3.88. The molecule has 0 amide bonds. The molecule has 0 aliphatic heterocycles. The summed E-state index contributed by atoms with van der Waals surface area (Å²) in [5.74, 6) is 6.65.